The highest BCUT2D eigenvalue weighted by atomic mass is 35.5. The topological polar surface area (TPSA) is 83.8 Å². The van der Waals surface area contributed by atoms with Crippen LogP contribution in [0.15, 0.2) is 30.3 Å². The van der Waals surface area contributed by atoms with Crippen LogP contribution < -0.4 is 11.1 Å². The highest BCUT2D eigenvalue weighted by Gasteiger charge is 2.18. The number of benzene rings is 1. The Morgan fingerprint density at radius 1 is 1.30 bits per heavy atom. The highest BCUT2D eigenvalue weighted by Crippen LogP contribution is 2.21. The number of nitrogens with zero attached hydrogens (tertiary/aromatic N) is 1. The van der Waals surface area contributed by atoms with Crippen molar-refractivity contribution in [2.45, 2.75) is 40.2 Å². The monoisotopic (exact) mass is 336 g/mol. The van der Waals surface area contributed by atoms with Crippen LogP contribution in [0, 0.1) is 12.3 Å². The standard InChI is InChI=1S/C17H24N4O.ClH/c1-11-5-7-12(8-6-11)15(18)16(22)19-14-9-13(20-21-14)10-17(2,3)4;/h5-9,15H,10,18H2,1-4H3,(H2,19,20,21,22);1H. The van der Waals surface area contributed by atoms with Gasteiger partial charge in [-0.25, -0.2) is 0 Å². The van der Waals surface area contributed by atoms with E-state index in [1.165, 1.54) is 0 Å². The average molecular weight is 337 g/mol. The summed E-state index contributed by atoms with van der Waals surface area (Å²) in [6, 6.07) is 8.77. The summed E-state index contributed by atoms with van der Waals surface area (Å²) in [6.45, 7) is 8.45. The number of aryl methyl sites for hydroxylation is 1. The van der Waals surface area contributed by atoms with Crippen molar-refractivity contribution >= 4 is 24.1 Å². The lowest BCUT2D eigenvalue weighted by molar-refractivity contribution is -0.117. The van der Waals surface area contributed by atoms with Gasteiger partial charge in [-0.15, -0.1) is 12.4 Å². The first kappa shape index (κ1) is 19.2. The van der Waals surface area contributed by atoms with Gasteiger partial charge in [-0.05, 0) is 24.3 Å². The molecular formula is C17H25ClN4O. The van der Waals surface area contributed by atoms with Gasteiger partial charge in [-0.3, -0.25) is 9.89 Å². The number of nitrogens with one attached hydrogen (secondary N) is 2. The van der Waals surface area contributed by atoms with E-state index in [1.807, 2.05) is 37.3 Å². The molecule has 0 aliphatic heterocycles. The maximum absolute atomic E-state index is 12.2. The Morgan fingerprint density at radius 3 is 2.48 bits per heavy atom. The molecular weight excluding hydrogens is 312 g/mol. The number of rotatable bonds is 4. The summed E-state index contributed by atoms with van der Waals surface area (Å²) in [5.74, 6) is 0.240. The molecule has 6 heteroatoms. The Kier molecular flexibility index (Phi) is 6.36. The van der Waals surface area contributed by atoms with E-state index in [-0.39, 0.29) is 23.7 Å². The third-order valence-corrected chi connectivity index (χ3v) is 3.32. The molecule has 0 aliphatic rings. The van der Waals surface area contributed by atoms with E-state index >= 15 is 0 Å². The Balaban J connectivity index is 0.00000264. The van der Waals surface area contributed by atoms with E-state index < -0.39 is 6.04 Å². The molecule has 1 heterocycles. The lowest BCUT2D eigenvalue weighted by Gasteiger charge is -2.15. The molecule has 5 nitrogen and oxygen atoms in total. The second-order valence-corrected chi connectivity index (χ2v) is 6.89. The molecule has 0 bridgehead atoms. The van der Waals surface area contributed by atoms with E-state index in [2.05, 4.69) is 36.3 Å². The molecule has 1 aromatic heterocycles. The zero-order valence-corrected chi connectivity index (χ0v) is 14.8. The first-order chi connectivity index (χ1) is 10.2. The van der Waals surface area contributed by atoms with E-state index in [4.69, 9.17) is 5.73 Å². The van der Waals surface area contributed by atoms with Crippen LogP contribution in [0.5, 0.6) is 0 Å². The summed E-state index contributed by atoms with van der Waals surface area (Å²) in [6.07, 6.45) is 0.861. The first-order valence-electron chi connectivity index (χ1n) is 7.42. The van der Waals surface area contributed by atoms with Crippen molar-refractivity contribution in [3.63, 3.8) is 0 Å². The third-order valence-electron chi connectivity index (χ3n) is 3.32. The minimum Gasteiger partial charge on any atom is -0.316 e. The minimum atomic E-state index is -0.705. The summed E-state index contributed by atoms with van der Waals surface area (Å²) >= 11 is 0. The molecule has 1 amide bonds. The number of nitrogens with two attached hydrogens (primary N) is 1. The number of aromatic nitrogens is 2. The predicted octanol–water partition coefficient (Wildman–Crippen LogP) is 3.37. The second kappa shape index (κ2) is 7.62. The van der Waals surface area contributed by atoms with Gasteiger partial charge in [0.25, 0.3) is 0 Å². The van der Waals surface area contributed by atoms with Gasteiger partial charge in [0.2, 0.25) is 5.91 Å². The minimum absolute atomic E-state index is 0. The van der Waals surface area contributed by atoms with Crippen molar-refractivity contribution in [1.29, 1.82) is 0 Å². The third kappa shape index (κ3) is 5.69. The molecule has 0 saturated carbocycles. The van der Waals surface area contributed by atoms with Gasteiger partial charge in [-0.2, -0.15) is 5.10 Å². The second-order valence-electron chi connectivity index (χ2n) is 6.89. The van der Waals surface area contributed by atoms with E-state index in [9.17, 15) is 4.79 Å². The van der Waals surface area contributed by atoms with Crippen LogP contribution in [0.25, 0.3) is 0 Å². The van der Waals surface area contributed by atoms with Crippen LogP contribution >= 0.6 is 12.4 Å². The summed E-state index contributed by atoms with van der Waals surface area (Å²) in [5, 5.41) is 9.82. The zero-order valence-electron chi connectivity index (χ0n) is 14.0. The van der Waals surface area contributed by atoms with E-state index in [0.29, 0.717) is 5.82 Å². The Labute approximate surface area is 143 Å². The summed E-state index contributed by atoms with van der Waals surface area (Å²) < 4.78 is 0. The van der Waals surface area contributed by atoms with E-state index in [1.54, 1.807) is 0 Å². The molecule has 1 unspecified atom stereocenters. The molecule has 2 rings (SSSR count). The smallest absolute Gasteiger partial charge is 0.247 e. The number of carbonyl (C=O) groups excluding carboxylic acids is 1. The highest BCUT2D eigenvalue weighted by molar-refractivity contribution is 5.94. The fourth-order valence-electron chi connectivity index (χ4n) is 2.22. The lowest BCUT2D eigenvalue weighted by atomic mass is 9.91. The Morgan fingerprint density at radius 2 is 1.91 bits per heavy atom. The van der Waals surface area contributed by atoms with Gasteiger partial charge in [0.1, 0.15) is 6.04 Å². The molecule has 1 atom stereocenters. The van der Waals surface area contributed by atoms with Crippen molar-refractivity contribution in [1.82, 2.24) is 10.2 Å². The van der Waals surface area contributed by atoms with Gasteiger partial charge in [0.15, 0.2) is 5.82 Å². The number of halogens is 1. The number of hydrogen-bond donors (Lipinski definition) is 3. The molecule has 2 aromatic rings. The van der Waals surface area contributed by atoms with Crippen molar-refractivity contribution < 1.29 is 4.79 Å². The maximum Gasteiger partial charge on any atom is 0.247 e. The normalized spacial score (nSPS) is 12.4. The zero-order chi connectivity index (χ0) is 16.3. The largest absolute Gasteiger partial charge is 0.316 e. The van der Waals surface area contributed by atoms with Crippen molar-refractivity contribution in [3.05, 3.63) is 47.2 Å². The maximum atomic E-state index is 12.2. The van der Waals surface area contributed by atoms with Gasteiger partial charge in [0.05, 0.1) is 0 Å². The van der Waals surface area contributed by atoms with Gasteiger partial charge in [0, 0.05) is 11.8 Å². The summed E-state index contributed by atoms with van der Waals surface area (Å²) in [7, 11) is 0. The molecule has 0 spiro atoms. The number of anilines is 1. The quantitative estimate of drug-likeness (QED) is 0.800. The SMILES string of the molecule is Cc1ccc(C(N)C(=O)Nc2cc(CC(C)(C)C)[nH]n2)cc1.Cl. The van der Waals surface area contributed by atoms with Crippen LogP contribution in [0.2, 0.25) is 0 Å². The number of amides is 1. The molecule has 23 heavy (non-hydrogen) atoms. The van der Waals surface area contributed by atoms with Crippen LogP contribution in [-0.2, 0) is 11.2 Å². The Hall–Kier alpha value is -1.85. The molecule has 0 aliphatic carbocycles. The average Bonchev–Trinajstić information content (AvgIpc) is 2.83. The fraction of sp³-hybridized carbons (Fsp3) is 0.412. The molecule has 4 N–H and O–H groups in total. The van der Waals surface area contributed by atoms with Crippen molar-refractivity contribution in [2.24, 2.45) is 11.1 Å². The molecule has 1 aromatic carbocycles. The van der Waals surface area contributed by atoms with Crippen LogP contribution in [0.3, 0.4) is 0 Å². The number of aromatic amines is 1. The summed E-state index contributed by atoms with van der Waals surface area (Å²) in [4.78, 5) is 12.2. The number of H-pyrrole nitrogens is 1. The number of carbonyl (C=O) groups is 1. The van der Waals surface area contributed by atoms with Gasteiger partial charge < -0.3 is 11.1 Å². The van der Waals surface area contributed by atoms with Crippen LogP contribution in [-0.4, -0.2) is 16.1 Å². The van der Waals surface area contributed by atoms with Gasteiger partial charge in [-0.1, -0.05) is 50.6 Å². The van der Waals surface area contributed by atoms with Crippen molar-refractivity contribution in [3.8, 4) is 0 Å². The van der Waals surface area contributed by atoms with Crippen LogP contribution in [0.1, 0.15) is 43.6 Å². The lowest BCUT2D eigenvalue weighted by Crippen LogP contribution is -2.27. The van der Waals surface area contributed by atoms with Crippen molar-refractivity contribution in [2.75, 3.05) is 5.32 Å². The fourth-order valence-corrected chi connectivity index (χ4v) is 2.22. The number of hydrogen-bond acceptors (Lipinski definition) is 3. The summed E-state index contributed by atoms with van der Waals surface area (Å²) in [5.41, 5.74) is 9.07. The predicted molar refractivity (Wildman–Crippen MR) is 95.7 cm³/mol. The molecule has 0 radical (unpaired) electrons. The molecule has 0 fully saturated rings. The molecule has 0 saturated heterocycles. The first-order valence-corrected chi connectivity index (χ1v) is 7.42. The Bertz CT molecular complexity index is 643. The van der Waals surface area contributed by atoms with Crippen LogP contribution in [0.4, 0.5) is 5.82 Å². The van der Waals surface area contributed by atoms with E-state index in [0.717, 1.165) is 23.2 Å². The van der Waals surface area contributed by atoms with Gasteiger partial charge >= 0.3 is 0 Å². The molecule has 126 valence electrons.